The molecule has 1 atom stereocenters. The number of halogens is 1. The highest BCUT2D eigenvalue weighted by atomic mass is 79.9. The number of nitro groups is 1. The molecule has 0 bridgehead atoms. The molecule has 6 heteroatoms. The van der Waals surface area contributed by atoms with Crippen molar-refractivity contribution in [3.05, 3.63) is 38.3 Å². The fraction of sp³-hybridized carbons (Fsp3) is 0.333. The summed E-state index contributed by atoms with van der Waals surface area (Å²) >= 11 is 3.14. The Balaban J connectivity index is 3.35. The van der Waals surface area contributed by atoms with Crippen molar-refractivity contribution in [3.63, 3.8) is 0 Å². The molecule has 0 saturated carbocycles. The minimum atomic E-state index is -1.39. The molecule has 0 fully saturated rings. The van der Waals surface area contributed by atoms with E-state index >= 15 is 0 Å². The van der Waals surface area contributed by atoms with Crippen LogP contribution in [0.15, 0.2) is 22.7 Å². The Kier molecular flexibility index (Phi) is 3.43. The van der Waals surface area contributed by atoms with E-state index in [4.69, 9.17) is 5.73 Å². The molecule has 0 radical (unpaired) electrons. The lowest BCUT2D eigenvalue weighted by molar-refractivity contribution is -0.386. The number of rotatable bonds is 3. The van der Waals surface area contributed by atoms with Gasteiger partial charge in [0, 0.05) is 17.1 Å². The van der Waals surface area contributed by atoms with Crippen molar-refractivity contribution in [1.29, 1.82) is 0 Å². The van der Waals surface area contributed by atoms with Gasteiger partial charge in [0.1, 0.15) is 5.60 Å². The van der Waals surface area contributed by atoms with E-state index in [2.05, 4.69) is 15.9 Å². The first-order chi connectivity index (χ1) is 6.88. The minimum absolute atomic E-state index is 0.0739. The second kappa shape index (κ2) is 4.26. The third-order valence-corrected chi connectivity index (χ3v) is 2.63. The zero-order valence-corrected chi connectivity index (χ0v) is 9.69. The predicted octanol–water partition coefficient (Wildman–Crippen LogP) is 1.52. The molecule has 0 aliphatic carbocycles. The highest BCUT2D eigenvalue weighted by Gasteiger charge is 2.29. The Bertz CT molecular complexity index is 393. The summed E-state index contributed by atoms with van der Waals surface area (Å²) in [4.78, 5) is 10.2. The third-order valence-electron chi connectivity index (χ3n) is 2.13. The maximum atomic E-state index is 10.8. The molecular weight excluding hydrogens is 264 g/mol. The van der Waals surface area contributed by atoms with E-state index in [0.717, 1.165) is 0 Å². The molecule has 1 rings (SSSR count). The molecule has 15 heavy (non-hydrogen) atoms. The summed E-state index contributed by atoms with van der Waals surface area (Å²) in [5.41, 5.74) is 4.06. The standard InChI is InChI=1S/C9H11BrN2O3/c1-9(13,5-11)7-3-2-6(10)4-8(7)12(14)15/h2-4,13H,5,11H2,1H3. The molecule has 0 spiro atoms. The molecule has 0 aromatic heterocycles. The van der Waals surface area contributed by atoms with Crippen LogP contribution in [0.3, 0.4) is 0 Å². The van der Waals surface area contributed by atoms with Crippen LogP contribution >= 0.6 is 15.9 Å². The van der Waals surface area contributed by atoms with Gasteiger partial charge in [-0.1, -0.05) is 15.9 Å². The van der Waals surface area contributed by atoms with E-state index in [-0.39, 0.29) is 17.8 Å². The summed E-state index contributed by atoms with van der Waals surface area (Å²) in [6, 6.07) is 4.47. The van der Waals surface area contributed by atoms with Crippen LogP contribution < -0.4 is 5.73 Å². The van der Waals surface area contributed by atoms with Gasteiger partial charge in [-0.25, -0.2) is 0 Å². The van der Waals surface area contributed by atoms with Crippen molar-refractivity contribution < 1.29 is 10.0 Å². The van der Waals surface area contributed by atoms with Crippen LogP contribution in [0, 0.1) is 10.1 Å². The van der Waals surface area contributed by atoms with Gasteiger partial charge in [0.25, 0.3) is 5.69 Å². The van der Waals surface area contributed by atoms with Crippen molar-refractivity contribution in [3.8, 4) is 0 Å². The number of hydrogen-bond acceptors (Lipinski definition) is 4. The lowest BCUT2D eigenvalue weighted by Crippen LogP contribution is -2.32. The number of nitro benzene ring substituents is 1. The maximum Gasteiger partial charge on any atom is 0.276 e. The van der Waals surface area contributed by atoms with Gasteiger partial charge in [0.05, 0.1) is 10.5 Å². The molecule has 1 aromatic rings. The molecule has 1 unspecified atom stereocenters. The van der Waals surface area contributed by atoms with Crippen LogP contribution in [0.1, 0.15) is 12.5 Å². The van der Waals surface area contributed by atoms with Crippen LogP contribution in [0.5, 0.6) is 0 Å². The molecule has 1 aromatic carbocycles. The first kappa shape index (κ1) is 12.1. The highest BCUT2D eigenvalue weighted by molar-refractivity contribution is 9.10. The van der Waals surface area contributed by atoms with Crippen molar-refractivity contribution in [1.82, 2.24) is 0 Å². The normalized spacial score (nSPS) is 14.7. The first-order valence-electron chi connectivity index (χ1n) is 4.25. The van der Waals surface area contributed by atoms with Gasteiger partial charge < -0.3 is 10.8 Å². The lowest BCUT2D eigenvalue weighted by atomic mass is 9.95. The second-order valence-electron chi connectivity index (χ2n) is 3.40. The Morgan fingerprint density at radius 1 is 1.67 bits per heavy atom. The van der Waals surface area contributed by atoms with E-state index in [9.17, 15) is 15.2 Å². The van der Waals surface area contributed by atoms with Crippen molar-refractivity contribution in [2.24, 2.45) is 5.73 Å². The molecule has 3 N–H and O–H groups in total. The maximum absolute atomic E-state index is 10.8. The third kappa shape index (κ3) is 2.53. The van der Waals surface area contributed by atoms with E-state index in [1.165, 1.54) is 19.1 Å². The molecular formula is C9H11BrN2O3. The van der Waals surface area contributed by atoms with E-state index in [1.807, 2.05) is 0 Å². The minimum Gasteiger partial charge on any atom is -0.384 e. The van der Waals surface area contributed by atoms with E-state index in [0.29, 0.717) is 4.47 Å². The van der Waals surface area contributed by atoms with Crippen molar-refractivity contribution in [2.45, 2.75) is 12.5 Å². The second-order valence-corrected chi connectivity index (χ2v) is 4.31. The molecule has 0 saturated heterocycles. The quantitative estimate of drug-likeness (QED) is 0.646. The number of hydrogen-bond donors (Lipinski definition) is 2. The summed E-state index contributed by atoms with van der Waals surface area (Å²) in [6.45, 7) is 1.37. The number of aliphatic hydroxyl groups is 1. The molecule has 0 heterocycles. The van der Waals surface area contributed by atoms with Gasteiger partial charge in [-0.2, -0.15) is 0 Å². The number of nitrogens with two attached hydrogens (primary N) is 1. The summed E-state index contributed by atoms with van der Waals surface area (Å²) in [7, 11) is 0. The Labute approximate surface area is 95.2 Å². The fourth-order valence-corrected chi connectivity index (χ4v) is 1.57. The molecule has 82 valence electrons. The largest absolute Gasteiger partial charge is 0.384 e. The summed E-state index contributed by atoms with van der Waals surface area (Å²) in [6.07, 6.45) is 0. The van der Waals surface area contributed by atoms with Crippen LogP contribution in [0.4, 0.5) is 5.69 Å². The Morgan fingerprint density at radius 3 is 2.73 bits per heavy atom. The average molecular weight is 275 g/mol. The monoisotopic (exact) mass is 274 g/mol. The zero-order valence-electron chi connectivity index (χ0n) is 8.11. The summed E-state index contributed by atoms with van der Waals surface area (Å²) in [5.74, 6) is 0. The summed E-state index contributed by atoms with van der Waals surface area (Å²) < 4.78 is 0.589. The number of benzene rings is 1. The van der Waals surface area contributed by atoms with Gasteiger partial charge in [-0.3, -0.25) is 10.1 Å². The summed E-state index contributed by atoms with van der Waals surface area (Å²) in [5, 5.41) is 20.6. The lowest BCUT2D eigenvalue weighted by Gasteiger charge is -2.21. The first-order valence-corrected chi connectivity index (χ1v) is 5.04. The molecule has 5 nitrogen and oxygen atoms in total. The fourth-order valence-electron chi connectivity index (χ4n) is 1.22. The van der Waals surface area contributed by atoms with Crippen LogP contribution in [-0.2, 0) is 5.60 Å². The predicted molar refractivity (Wildman–Crippen MR) is 59.4 cm³/mol. The van der Waals surface area contributed by atoms with Gasteiger partial charge in [-0.05, 0) is 19.1 Å². The van der Waals surface area contributed by atoms with Crippen molar-refractivity contribution >= 4 is 21.6 Å². The zero-order chi connectivity index (χ0) is 11.6. The van der Waals surface area contributed by atoms with E-state index in [1.54, 1.807) is 6.07 Å². The molecule has 0 aliphatic heterocycles. The average Bonchev–Trinajstić information content (AvgIpc) is 2.17. The molecule has 0 amide bonds. The highest BCUT2D eigenvalue weighted by Crippen LogP contribution is 2.31. The van der Waals surface area contributed by atoms with Gasteiger partial charge in [-0.15, -0.1) is 0 Å². The topological polar surface area (TPSA) is 89.4 Å². The van der Waals surface area contributed by atoms with Gasteiger partial charge in [0.15, 0.2) is 0 Å². The van der Waals surface area contributed by atoms with Crippen LogP contribution in [0.25, 0.3) is 0 Å². The number of nitrogens with zero attached hydrogens (tertiary/aromatic N) is 1. The smallest absolute Gasteiger partial charge is 0.276 e. The Hall–Kier alpha value is -0.980. The van der Waals surface area contributed by atoms with Crippen LogP contribution in [0.2, 0.25) is 0 Å². The van der Waals surface area contributed by atoms with E-state index < -0.39 is 10.5 Å². The van der Waals surface area contributed by atoms with Crippen LogP contribution in [-0.4, -0.2) is 16.6 Å². The Morgan fingerprint density at radius 2 is 2.27 bits per heavy atom. The van der Waals surface area contributed by atoms with Gasteiger partial charge >= 0.3 is 0 Å². The van der Waals surface area contributed by atoms with Crippen molar-refractivity contribution in [2.75, 3.05) is 6.54 Å². The van der Waals surface area contributed by atoms with Gasteiger partial charge in [0.2, 0.25) is 0 Å². The SMILES string of the molecule is CC(O)(CN)c1ccc(Br)cc1[N+](=O)[O-]. The molecule has 0 aliphatic rings.